The van der Waals surface area contributed by atoms with Crippen molar-refractivity contribution in [2.75, 3.05) is 4.90 Å². The molecule has 3 N–H and O–H groups in total. The van der Waals surface area contributed by atoms with Crippen LogP contribution in [0.2, 0.25) is 0 Å². The Labute approximate surface area is 224 Å². The second kappa shape index (κ2) is 11.8. The van der Waals surface area contributed by atoms with Crippen molar-refractivity contribution in [3.63, 3.8) is 0 Å². The maximum atomic E-state index is 13.9. The monoisotopic (exact) mass is 531 g/mol. The average Bonchev–Trinajstić information content (AvgIpc) is 3.03. The highest BCUT2D eigenvalue weighted by atomic mass is 16.5. The summed E-state index contributed by atoms with van der Waals surface area (Å²) in [7, 11) is 0. The van der Waals surface area contributed by atoms with Gasteiger partial charge in [-0.05, 0) is 55.3 Å². The molecule has 3 aromatic carbocycles. The molecule has 1 heterocycles. The van der Waals surface area contributed by atoms with Gasteiger partial charge in [0.05, 0.1) is 11.7 Å². The lowest BCUT2D eigenvalue weighted by Gasteiger charge is -2.31. The van der Waals surface area contributed by atoms with Gasteiger partial charge < -0.3 is 25.3 Å². The number of aliphatic carboxylic acids is 1. The molecule has 39 heavy (non-hydrogen) atoms. The van der Waals surface area contributed by atoms with Crippen molar-refractivity contribution < 1.29 is 33.8 Å². The number of hydrogen-bond acceptors (Lipinski definition) is 6. The summed E-state index contributed by atoms with van der Waals surface area (Å²) < 4.78 is 6.04. The molecule has 10 heteroatoms. The third kappa shape index (κ3) is 6.06. The molecule has 4 unspecified atom stereocenters. The van der Waals surface area contributed by atoms with Crippen LogP contribution in [0.25, 0.3) is 10.8 Å². The number of ether oxygens (including phenoxy) is 1. The molecule has 1 aliphatic rings. The van der Waals surface area contributed by atoms with E-state index in [0.29, 0.717) is 23.3 Å². The molecule has 0 spiro atoms. The summed E-state index contributed by atoms with van der Waals surface area (Å²) in [5.74, 6) is -2.46. The summed E-state index contributed by atoms with van der Waals surface area (Å²) >= 11 is 0. The van der Waals surface area contributed by atoms with E-state index in [1.54, 1.807) is 43.3 Å². The second-order valence-corrected chi connectivity index (χ2v) is 9.37. The molecule has 1 aliphatic heterocycles. The van der Waals surface area contributed by atoms with E-state index >= 15 is 0 Å². The van der Waals surface area contributed by atoms with Crippen LogP contribution in [0, 0.1) is 0 Å². The number of carboxylic acids is 1. The van der Waals surface area contributed by atoms with Crippen molar-refractivity contribution in [1.29, 1.82) is 0 Å². The van der Waals surface area contributed by atoms with Gasteiger partial charge in [0, 0.05) is 12.0 Å². The zero-order valence-electron chi connectivity index (χ0n) is 21.5. The number of nitrogens with zero attached hydrogens (tertiary/aromatic N) is 1. The molecule has 0 radical (unpaired) electrons. The molecule has 202 valence electrons. The second-order valence-electron chi connectivity index (χ2n) is 9.37. The van der Waals surface area contributed by atoms with Gasteiger partial charge in [-0.1, -0.05) is 42.5 Å². The largest absolute Gasteiger partial charge is 0.486 e. The van der Waals surface area contributed by atoms with E-state index < -0.39 is 47.9 Å². The van der Waals surface area contributed by atoms with Crippen LogP contribution in [-0.4, -0.2) is 59.3 Å². The van der Waals surface area contributed by atoms with E-state index in [1.165, 1.54) is 11.8 Å². The number of fused-ring (bicyclic) bond motifs is 2. The Kier molecular flexibility index (Phi) is 8.24. The minimum absolute atomic E-state index is 0.0909. The zero-order chi connectivity index (χ0) is 28.1. The summed E-state index contributed by atoms with van der Waals surface area (Å²) in [6, 6.07) is 16.2. The van der Waals surface area contributed by atoms with Gasteiger partial charge >= 0.3 is 5.97 Å². The molecule has 0 saturated heterocycles. The first-order chi connectivity index (χ1) is 18.7. The topological polar surface area (TPSA) is 142 Å². The van der Waals surface area contributed by atoms with E-state index in [2.05, 4.69) is 10.6 Å². The number of amides is 3. The first kappa shape index (κ1) is 27.3. The summed E-state index contributed by atoms with van der Waals surface area (Å²) in [5.41, 5.74) is 0.688. The molecule has 3 aromatic rings. The lowest BCUT2D eigenvalue weighted by molar-refractivity contribution is -0.137. The van der Waals surface area contributed by atoms with Gasteiger partial charge in [0.25, 0.3) is 11.8 Å². The van der Waals surface area contributed by atoms with E-state index in [0.717, 1.165) is 10.8 Å². The number of aldehydes is 1. The molecule has 0 aromatic heterocycles. The third-order valence-electron chi connectivity index (χ3n) is 6.64. The summed E-state index contributed by atoms with van der Waals surface area (Å²) in [6.45, 7) is 3.14. The predicted octanol–water partition coefficient (Wildman–Crippen LogP) is 2.69. The third-order valence-corrected chi connectivity index (χ3v) is 6.64. The van der Waals surface area contributed by atoms with Crippen molar-refractivity contribution in [3.05, 3.63) is 72.3 Å². The fraction of sp³-hybridized carbons (Fsp3) is 0.276. The maximum Gasteiger partial charge on any atom is 0.303 e. The Morgan fingerprint density at radius 3 is 2.46 bits per heavy atom. The van der Waals surface area contributed by atoms with Crippen molar-refractivity contribution in [1.82, 2.24) is 10.6 Å². The SMILES string of the molecule is CC1Oc2ccccc2N(C(C)C(=O)NC(C=O)CCC(=O)O)C(=O)C1NC(=O)c1ccc2ccccc2c1. The van der Waals surface area contributed by atoms with Crippen molar-refractivity contribution >= 4 is 46.4 Å². The Hall–Kier alpha value is -4.73. The first-order valence-corrected chi connectivity index (χ1v) is 12.6. The summed E-state index contributed by atoms with van der Waals surface area (Å²) in [5, 5.41) is 16.0. The van der Waals surface area contributed by atoms with Crippen LogP contribution in [-0.2, 0) is 19.2 Å². The van der Waals surface area contributed by atoms with Crippen LogP contribution in [0.1, 0.15) is 37.0 Å². The highest BCUT2D eigenvalue weighted by Gasteiger charge is 2.41. The lowest BCUT2D eigenvalue weighted by Crippen LogP contribution is -2.58. The molecule has 3 amide bonds. The highest BCUT2D eigenvalue weighted by molar-refractivity contribution is 6.08. The number of carbonyl (C=O) groups excluding carboxylic acids is 4. The van der Waals surface area contributed by atoms with Gasteiger partial charge in [-0.3, -0.25) is 24.1 Å². The fourth-order valence-corrected chi connectivity index (χ4v) is 4.50. The number of para-hydroxylation sites is 2. The zero-order valence-corrected chi connectivity index (χ0v) is 21.5. The van der Waals surface area contributed by atoms with E-state index in [1.807, 2.05) is 30.3 Å². The molecular formula is C29H29N3O7. The fourth-order valence-electron chi connectivity index (χ4n) is 4.50. The Morgan fingerprint density at radius 1 is 1.05 bits per heavy atom. The van der Waals surface area contributed by atoms with Gasteiger partial charge in [0.2, 0.25) is 5.91 Å². The van der Waals surface area contributed by atoms with Crippen LogP contribution in [0.5, 0.6) is 5.75 Å². The number of rotatable bonds is 9. The number of carbonyl (C=O) groups is 5. The van der Waals surface area contributed by atoms with Crippen molar-refractivity contribution in [3.8, 4) is 5.75 Å². The molecular weight excluding hydrogens is 502 g/mol. The number of anilines is 1. The van der Waals surface area contributed by atoms with E-state index in [9.17, 15) is 24.0 Å². The van der Waals surface area contributed by atoms with E-state index in [4.69, 9.17) is 9.84 Å². The van der Waals surface area contributed by atoms with E-state index in [-0.39, 0.29) is 12.8 Å². The number of carboxylic acid groups (broad SMARTS) is 1. The number of hydrogen-bond donors (Lipinski definition) is 3. The molecule has 0 bridgehead atoms. The van der Waals surface area contributed by atoms with Crippen LogP contribution in [0.3, 0.4) is 0 Å². The quantitative estimate of drug-likeness (QED) is 0.361. The molecule has 0 saturated carbocycles. The number of benzene rings is 3. The Balaban J connectivity index is 1.60. The standard InChI is InChI=1S/C29H29N3O7/c1-17(27(36)30-22(16-33)13-14-25(34)35)32-23-9-5-6-10-24(23)39-18(2)26(29(32)38)31-28(37)21-12-11-19-7-3-4-8-20(19)15-21/h3-12,15-18,22,26H,13-14H2,1-2H3,(H,30,36)(H,31,37)(H,34,35). The average molecular weight is 532 g/mol. The molecule has 0 aliphatic carbocycles. The van der Waals surface area contributed by atoms with Gasteiger partial charge in [0.1, 0.15) is 30.2 Å². The minimum Gasteiger partial charge on any atom is -0.486 e. The van der Waals surface area contributed by atoms with Gasteiger partial charge in [-0.2, -0.15) is 0 Å². The van der Waals surface area contributed by atoms with Crippen LogP contribution < -0.4 is 20.3 Å². The summed E-state index contributed by atoms with van der Waals surface area (Å²) in [4.78, 5) is 63.9. The number of nitrogens with one attached hydrogen (secondary N) is 2. The van der Waals surface area contributed by atoms with Gasteiger partial charge in [0.15, 0.2) is 0 Å². The molecule has 4 rings (SSSR count). The van der Waals surface area contributed by atoms with Crippen molar-refractivity contribution in [2.45, 2.75) is 50.9 Å². The van der Waals surface area contributed by atoms with Crippen molar-refractivity contribution in [2.24, 2.45) is 0 Å². The lowest BCUT2D eigenvalue weighted by atomic mass is 10.0. The van der Waals surface area contributed by atoms with Gasteiger partial charge in [-0.15, -0.1) is 0 Å². The Morgan fingerprint density at radius 2 is 1.74 bits per heavy atom. The smallest absolute Gasteiger partial charge is 0.303 e. The molecule has 10 nitrogen and oxygen atoms in total. The maximum absolute atomic E-state index is 13.9. The molecule has 4 atom stereocenters. The van der Waals surface area contributed by atoms with Crippen LogP contribution in [0.4, 0.5) is 5.69 Å². The highest BCUT2D eigenvalue weighted by Crippen LogP contribution is 2.34. The summed E-state index contributed by atoms with van der Waals surface area (Å²) in [6.07, 6.45) is -0.713. The minimum atomic E-state index is -1.14. The first-order valence-electron chi connectivity index (χ1n) is 12.6. The van der Waals surface area contributed by atoms with Crippen LogP contribution in [0.15, 0.2) is 66.7 Å². The van der Waals surface area contributed by atoms with Gasteiger partial charge in [-0.25, -0.2) is 0 Å². The molecule has 0 fully saturated rings. The predicted molar refractivity (Wildman–Crippen MR) is 144 cm³/mol. The normalized spacial score (nSPS) is 18.2. The Bertz CT molecular complexity index is 1420. The van der Waals surface area contributed by atoms with Crippen LogP contribution >= 0.6 is 0 Å².